The van der Waals surface area contributed by atoms with Gasteiger partial charge in [-0.3, -0.25) is 0 Å². The van der Waals surface area contributed by atoms with Gasteiger partial charge in [0, 0.05) is 0 Å². The normalized spacial score (nSPS) is 27.9. The summed E-state index contributed by atoms with van der Waals surface area (Å²) in [5, 5.41) is 1.09. The molecule has 0 aliphatic heterocycles. The van der Waals surface area contributed by atoms with Crippen molar-refractivity contribution in [3.05, 3.63) is 0 Å². The van der Waals surface area contributed by atoms with Gasteiger partial charge < -0.3 is 9.35 Å². The van der Waals surface area contributed by atoms with E-state index in [1.807, 2.05) is 0 Å². The molecular weight excluding hydrogens is 248 g/mol. The van der Waals surface area contributed by atoms with E-state index in [0.29, 0.717) is 16.2 Å². The maximum atomic E-state index is 12.2. The Kier molecular flexibility index (Phi) is 5.86. The Labute approximate surface area is 110 Å². The molecule has 1 N–H and O–H groups in total. The lowest BCUT2D eigenvalue weighted by molar-refractivity contribution is 0.449. The molecule has 0 bridgehead atoms. The van der Waals surface area contributed by atoms with Crippen molar-refractivity contribution in [3.8, 4) is 0 Å². The van der Waals surface area contributed by atoms with Crippen LogP contribution in [0.2, 0.25) is 5.54 Å². The van der Waals surface area contributed by atoms with E-state index in [2.05, 4.69) is 0 Å². The first kappa shape index (κ1) is 13.9. The molecule has 0 heterocycles. The summed E-state index contributed by atoms with van der Waals surface area (Å²) in [6, 6.07) is 0. The molecule has 2 unspecified atom stereocenters. The SMILES string of the molecule is [O-][S+](C[SiH](O)C1CCCCC1)C1CCCCC1. The largest absolute Gasteiger partial charge is 0.616 e. The molecule has 17 heavy (non-hydrogen) atoms. The van der Waals surface area contributed by atoms with Gasteiger partial charge in [0.05, 0.1) is 0 Å². The average molecular weight is 275 g/mol. The minimum absolute atomic E-state index is 0.412. The van der Waals surface area contributed by atoms with Crippen LogP contribution in [0.25, 0.3) is 0 Å². The molecule has 4 heteroatoms. The lowest BCUT2D eigenvalue weighted by Gasteiger charge is -2.29. The van der Waals surface area contributed by atoms with E-state index in [9.17, 15) is 9.35 Å². The maximum Gasteiger partial charge on any atom is 0.228 e. The lowest BCUT2D eigenvalue weighted by atomic mass is 10.0. The highest BCUT2D eigenvalue weighted by Crippen LogP contribution is 2.32. The third-order valence-electron chi connectivity index (χ3n) is 4.45. The fourth-order valence-electron chi connectivity index (χ4n) is 3.29. The quantitative estimate of drug-likeness (QED) is 0.632. The smallest absolute Gasteiger partial charge is 0.228 e. The van der Waals surface area contributed by atoms with Crippen LogP contribution in [-0.2, 0) is 11.2 Å². The van der Waals surface area contributed by atoms with Crippen molar-refractivity contribution in [1.29, 1.82) is 0 Å². The number of hydrogen-bond acceptors (Lipinski definition) is 2. The molecule has 0 aromatic rings. The molecule has 100 valence electrons. The second-order valence-corrected chi connectivity index (χ2v) is 10.6. The topological polar surface area (TPSA) is 43.3 Å². The van der Waals surface area contributed by atoms with Crippen molar-refractivity contribution >= 4 is 20.2 Å². The number of hydrogen-bond donors (Lipinski definition) is 1. The average Bonchev–Trinajstić information content (AvgIpc) is 2.40. The lowest BCUT2D eigenvalue weighted by Crippen LogP contribution is -2.37. The molecule has 0 aromatic carbocycles. The molecule has 2 saturated carbocycles. The first-order chi connectivity index (χ1) is 8.27. The standard InChI is InChI=1S/C13H26O2SSi/c14-16(12-7-3-1-4-8-12)11-17(15)13-9-5-2-6-10-13/h12-13,15,17H,1-11H2. The van der Waals surface area contributed by atoms with Crippen LogP contribution in [0.4, 0.5) is 0 Å². The Morgan fingerprint density at radius 3 is 2.06 bits per heavy atom. The highest BCUT2D eigenvalue weighted by molar-refractivity contribution is 7.93. The predicted octanol–water partition coefficient (Wildman–Crippen LogP) is 2.66. The minimum atomic E-state index is -1.71. The van der Waals surface area contributed by atoms with Crippen molar-refractivity contribution in [2.75, 3.05) is 5.38 Å². The summed E-state index contributed by atoms with van der Waals surface area (Å²) >= 11 is -0.727. The molecule has 2 fully saturated rings. The van der Waals surface area contributed by atoms with E-state index >= 15 is 0 Å². The summed E-state index contributed by atoms with van der Waals surface area (Å²) in [6.07, 6.45) is 12.4. The fraction of sp³-hybridized carbons (Fsp3) is 1.00. The van der Waals surface area contributed by atoms with Gasteiger partial charge in [0.2, 0.25) is 9.04 Å². The maximum absolute atomic E-state index is 12.2. The Hall–Kier alpha value is 0.487. The molecule has 0 spiro atoms. The van der Waals surface area contributed by atoms with Crippen molar-refractivity contribution in [2.45, 2.75) is 75.0 Å². The molecule has 2 aliphatic carbocycles. The van der Waals surface area contributed by atoms with Gasteiger partial charge in [-0.15, -0.1) is 0 Å². The van der Waals surface area contributed by atoms with Crippen molar-refractivity contribution in [1.82, 2.24) is 0 Å². The summed E-state index contributed by atoms with van der Waals surface area (Å²) in [5.41, 5.74) is 0.566. The zero-order valence-corrected chi connectivity index (χ0v) is 12.7. The summed E-state index contributed by atoms with van der Waals surface area (Å²) in [6.45, 7) is 0. The Morgan fingerprint density at radius 2 is 1.47 bits per heavy atom. The van der Waals surface area contributed by atoms with Crippen LogP contribution in [0.3, 0.4) is 0 Å². The van der Waals surface area contributed by atoms with Gasteiger partial charge in [-0.05, 0) is 31.2 Å². The molecule has 0 saturated heterocycles. The zero-order chi connectivity index (χ0) is 12.1. The van der Waals surface area contributed by atoms with Crippen LogP contribution < -0.4 is 0 Å². The third-order valence-corrected chi connectivity index (χ3v) is 10.1. The van der Waals surface area contributed by atoms with Gasteiger partial charge in [0.25, 0.3) is 0 Å². The molecule has 2 aliphatic rings. The van der Waals surface area contributed by atoms with Crippen LogP contribution in [0.1, 0.15) is 64.2 Å². The van der Waals surface area contributed by atoms with Crippen LogP contribution in [-0.4, -0.2) is 29.0 Å². The van der Waals surface area contributed by atoms with E-state index in [0.717, 1.165) is 12.8 Å². The minimum Gasteiger partial charge on any atom is -0.616 e. The highest BCUT2D eigenvalue weighted by Gasteiger charge is 2.32. The molecular formula is C13H26O2SSi. The second-order valence-electron chi connectivity index (χ2n) is 5.77. The summed E-state index contributed by atoms with van der Waals surface area (Å²) in [5.74, 6) is 0. The molecule has 0 aromatic heterocycles. The third kappa shape index (κ3) is 4.26. The van der Waals surface area contributed by atoms with Crippen molar-refractivity contribution < 1.29 is 9.35 Å². The predicted molar refractivity (Wildman–Crippen MR) is 76.1 cm³/mol. The van der Waals surface area contributed by atoms with Crippen LogP contribution >= 0.6 is 0 Å². The van der Waals surface area contributed by atoms with Gasteiger partial charge >= 0.3 is 0 Å². The Morgan fingerprint density at radius 1 is 0.941 bits per heavy atom. The van der Waals surface area contributed by atoms with Crippen molar-refractivity contribution in [2.24, 2.45) is 0 Å². The second kappa shape index (κ2) is 7.17. The van der Waals surface area contributed by atoms with E-state index in [1.165, 1.54) is 51.4 Å². The molecule has 0 amide bonds. The van der Waals surface area contributed by atoms with Crippen LogP contribution in [0.5, 0.6) is 0 Å². The van der Waals surface area contributed by atoms with Crippen LogP contribution in [0, 0.1) is 0 Å². The van der Waals surface area contributed by atoms with Gasteiger partial charge in [-0.25, -0.2) is 0 Å². The molecule has 0 radical (unpaired) electrons. The van der Waals surface area contributed by atoms with E-state index in [1.54, 1.807) is 0 Å². The Balaban J connectivity index is 1.74. The first-order valence-electron chi connectivity index (χ1n) is 7.32. The first-order valence-corrected chi connectivity index (χ1v) is 10.7. The number of rotatable bonds is 4. The van der Waals surface area contributed by atoms with Gasteiger partial charge in [-0.1, -0.05) is 49.7 Å². The summed E-state index contributed by atoms with van der Waals surface area (Å²) < 4.78 is 12.2. The zero-order valence-electron chi connectivity index (χ0n) is 10.8. The summed E-state index contributed by atoms with van der Waals surface area (Å²) in [4.78, 5) is 10.3. The molecule has 2 nitrogen and oxygen atoms in total. The highest BCUT2D eigenvalue weighted by atomic mass is 32.2. The molecule has 2 atom stereocenters. The van der Waals surface area contributed by atoms with E-state index in [-0.39, 0.29) is 0 Å². The van der Waals surface area contributed by atoms with Gasteiger partial charge in [-0.2, -0.15) is 0 Å². The summed E-state index contributed by atoms with van der Waals surface area (Å²) in [7, 11) is -1.71. The fourth-order valence-corrected chi connectivity index (χ4v) is 8.91. The van der Waals surface area contributed by atoms with E-state index < -0.39 is 20.2 Å². The van der Waals surface area contributed by atoms with E-state index in [4.69, 9.17) is 0 Å². The Bertz CT molecular complexity index is 193. The monoisotopic (exact) mass is 274 g/mol. The van der Waals surface area contributed by atoms with Crippen LogP contribution in [0.15, 0.2) is 0 Å². The van der Waals surface area contributed by atoms with Gasteiger partial charge in [0.15, 0.2) is 0 Å². The van der Waals surface area contributed by atoms with Crippen molar-refractivity contribution in [3.63, 3.8) is 0 Å². The van der Waals surface area contributed by atoms with Gasteiger partial charge in [0.1, 0.15) is 10.6 Å². The molecule has 2 rings (SSSR count).